The largest absolute Gasteiger partial charge is 0.489 e. The van der Waals surface area contributed by atoms with Gasteiger partial charge in [0.05, 0.1) is 6.54 Å². The van der Waals surface area contributed by atoms with Crippen molar-refractivity contribution in [2.24, 2.45) is 7.05 Å². The summed E-state index contributed by atoms with van der Waals surface area (Å²) in [7, 11) is 1.70. The highest BCUT2D eigenvalue weighted by Gasteiger charge is 2.10. The van der Waals surface area contributed by atoms with Crippen LogP contribution in [0.4, 0.5) is 5.82 Å². The molecule has 21 heavy (non-hydrogen) atoms. The summed E-state index contributed by atoms with van der Waals surface area (Å²) < 4.78 is 7.43. The summed E-state index contributed by atoms with van der Waals surface area (Å²) in [6.45, 7) is 4.62. The number of aryl methyl sites for hydroxylation is 2. The van der Waals surface area contributed by atoms with Crippen molar-refractivity contribution >= 4 is 5.82 Å². The molecule has 0 bridgehead atoms. The Morgan fingerprint density at radius 1 is 1.43 bits per heavy atom. The van der Waals surface area contributed by atoms with E-state index >= 15 is 0 Å². The van der Waals surface area contributed by atoms with Crippen LogP contribution in [-0.2, 0) is 7.05 Å². The minimum absolute atomic E-state index is 0.0153. The molecule has 5 nitrogen and oxygen atoms in total. The van der Waals surface area contributed by atoms with Crippen molar-refractivity contribution in [1.82, 2.24) is 9.55 Å². The molecule has 0 aliphatic rings. The van der Waals surface area contributed by atoms with Crippen molar-refractivity contribution in [3.63, 3.8) is 0 Å². The van der Waals surface area contributed by atoms with Crippen LogP contribution in [0.3, 0.4) is 0 Å². The van der Waals surface area contributed by atoms with Crippen LogP contribution in [-0.4, -0.2) is 22.2 Å². The quantitative estimate of drug-likeness (QED) is 0.886. The minimum Gasteiger partial charge on any atom is -0.489 e. The molecule has 1 aromatic carbocycles. The van der Waals surface area contributed by atoms with Gasteiger partial charge in [0, 0.05) is 19.4 Å². The molecule has 0 spiro atoms. The Bertz CT molecular complexity index is 652. The first kappa shape index (κ1) is 15.1. The van der Waals surface area contributed by atoms with E-state index in [4.69, 9.17) is 4.74 Å². The Labute approximate surface area is 124 Å². The average molecular weight is 287 g/mol. The predicted octanol–water partition coefficient (Wildman–Crippen LogP) is 2.36. The summed E-state index contributed by atoms with van der Waals surface area (Å²) in [6, 6.07) is 7.95. The van der Waals surface area contributed by atoms with Crippen LogP contribution < -0.4 is 15.6 Å². The van der Waals surface area contributed by atoms with Crippen LogP contribution in [0.1, 0.15) is 18.9 Å². The highest BCUT2D eigenvalue weighted by atomic mass is 16.5. The molecule has 2 rings (SSSR count). The van der Waals surface area contributed by atoms with Gasteiger partial charge in [-0.3, -0.25) is 4.79 Å². The molecule has 0 amide bonds. The second-order valence-corrected chi connectivity index (χ2v) is 5.04. The molecule has 1 heterocycles. The number of hydrogen-bond donors (Lipinski definition) is 1. The van der Waals surface area contributed by atoms with Gasteiger partial charge in [0.1, 0.15) is 11.9 Å². The lowest BCUT2D eigenvalue weighted by Crippen LogP contribution is -2.29. The number of ether oxygens (including phenoxy) is 1. The molecule has 0 unspecified atom stereocenters. The average Bonchev–Trinajstić information content (AvgIpc) is 2.47. The highest BCUT2D eigenvalue weighted by Crippen LogP contribution is 2.15. The fourth-order valence-electron chi connectivity index (χ4n) is 1.98. The first-order valence-electron chi connectivity index (χ1n) is 7.09. The van der Waals surface area contributed by atoms with E-state index in [0.29, 0.717) is 12.4 Å². The SMILES string of the molecule is CC[C@@H](CNc1nccn(C)c1=O)Oc1cccc(C)c1. The smallest absolute Gasteiger partial charge is 0.293 e. The van der Waals surface area contributed by atoms with E-state index in [9.17, 15) is 4.79 Å². The third kappa shape index (κ3) is 4.08. The maximum Gasteiger partial charge on any atom is 0.293 e. The summed E-state index contributed by atoms with van der Waals surface area (Å²) in [4.78, 5) is 15.9. The standard InChI is InChI=1S/C16H21N3O2/c1-4-13(21-14-7-5-6-12(2)10-14)11-18-15-16(20)19(3)9-8-17-15/h5-10,13H,4,11H2,1-3H3,(H,17,18)/t13-/m0/s1. The van der Waals surface area contributed by atoms with Gasteiger partial charge in [0.15, 0.2) is 5.82 Å². The number of nitrogens with zero attached hydrogens (tertiary/aromatic N) is 2. The van der Waals surface area contributed by atoms with Crippen molar-refractivity contribution in [3.8, 4) is 5.75 Å². The first-order valence-corrected chi connectivity index (χ1v) is 7.09. The van der Waals surface area contributed by atoms with Crippen LogP contribution in [0.25, 0.3) is 0 Å². The topological polar surface area (TPSA) is 56.2 Å². The molecule has 0 fully saturated rings. The Balaban J connectivity index is 2.00. The number of rotatable bonds is 6. The zero-order valence-electron chi connectivity index (χ0n) is 12.7. The summed E-state index contributed by atoms with van der Waals surface area (Å²) in [5.41, 5.74) is 1.02. The fourth-order valence-corrected chi connectivity index (χ4v) is 1.98. The van der Waals surface area contributed by atoms with E-state index < -0.39 is 0 Å². The van der Waals surface area contributed by atoms with Gasteiger partial charge < -0.3 is 14.6 Å². The number of hydrogen-bond acceptors (Lipinski definition) is 4. The molecular formula is C16H21N3O2. The van der Waals surface area contributed by atoms with Gasteiger partial charge in [-0.1, -0.05) is 19.1 Å². The lowest BCUT2D eigenvalue weighted by atomic mass is 10.2. The first-order chi connectivity index (χ1) is 10.1. The lowest BCUT2D eigenvalue weighted by Gasteiger charge is -2.18. The van der Waals surface area contributed by atoms with Crippen molar-refractivity contribution < 1.29 is 4.74 Å². The molecule has 0 saturated carbocycles. The Morgan fingerprint density at radius 2 is 2.24 bits per heavy atom. The zero-order chi connectivity index (χ0) is 15.2. The molecule has 5 heteroatoms. The molecule has 0 radical (unpaired) electrons. The molecule has 0 saturated heterocycles. The maximum absolute atomic E-state index is 11.9. The van der Waals surface area contributed by atoms with E-state index in [1.807, 2.05) is 31.2 Å². The van der Waals surface area contributed by atoms with Crippen molar-refractivity contribution in [3.05, 3.63) is 52.6 Å². The van der Waals surface area contributed by atoms with E-state index in [2.05, 4.69) is 17.2 Å². The fraction of sp³-hybridized carbons (Fsp3) is 0.375. The Hall–Kier alpha value is -2.30. The van der Waals surface area contributed by atoms with Crippen LogP contribution in [0.2, 0.25) is 0 Å². The van der Waals surface area contributed by atoms with Gasteiger partial charge in [-0.15, -0.1) is 0 Å². The molecule has 112 valence electrons. The lowest BCUT2D eigenvalue weighted by molar-refractivity contribution is 0.210. The number of aromatic nitrogens is 2. The molecule has 1 N–H and O–H groups in total. The minimum atomic E-state index is -0.136. The van der Waals surface area contributed by atoms with Gasteiger partial charge in [0.25, 0.3) is 5.56 Å². The predicted molar refractivity (Wildman–Crippen MR) is 83.9 cm³/mol. The monoisotopic (exact) mass is 287 g/mol. The summed E-state index contributed by atoms with van der Waals surface area (Å²) in [5, 5.41) is 3.07. The molecule has 1 aromatic heterocycles. The molecule has 0 aliphatic carbocycles. The summed E-state index contributed by atoms with van der Waals surface area (Å²) in [6.07, 6.45) is 4.06. The van der Waals surface area contributed by atoms with Crippen LogP contribution in [0.5, 0.6) is 5.75 Å². The second-order valence-electron chi connectivity index (χ2n) is 5.04. The summed E-state index contributed by atoms with van der Waals surface area (Å²) >= 11 is 0. The van der Waals surface area contributed by atoms with E-state index in [1.165, 1.54) is 4.57 Å². The maximum atomic E-state index is 11.9. The van der Waals surface area contributed by atoms with E-state index in [-0.39, 0.29) is 11.7 Å². The highest BCUT2D eigenvalue weighted by molar-refractivity contribution is 5.31. The van der Waals surface area contributed by atoms with Gasteiger partial charge in [-0.2, -0.15) is 0 Å². The van der Waals surface area contributed by atoms with Gasteiger partial charge >= 0.3 is 0 Å². The molecule has 1 atom stereocenters. The Kier molecular flexibility index (Phi) is 4.98. The van der Waals surface area contributed by atoms with Gasteiger partial charge in [-0.05, 0) is 31.0 Å². The molecular weight excluding hydrogens is 266 g/mol. The van der Waals surface area contributed by atoms with Gasteiger partial charge in [0.2, 0.25) is 0 Å². The van der Waals surface area contributed by atoms with Crippen LogP contribution in [0.15, 0.2) is 41.5 Å². The zero-order valence-corrected chi connectivity index (χ0v) is 12.7. The third-order valence-electron chi connectivity index (χ3n) is 3.26. The number of anilines is 1. The van der Waals surface area contributed by atoms with Crippen LogP contribution in [0, 0.1) is 6.92 Å². The van der Waals surface area contributed by atoms with Gasteiger partial charge in [-0.25, -0.2) is 4.98 Å². The van der Waals surface area contributed by atoms with E-state index in [0.717, 1.165) is 17.7 Å². The second kappa shape index (κ2) is 6.92. The van der Waals surface area contributed by atoms with Crippen molar-refractivity contribution in [1.29, 1.82) is 0 Å². The van der Waals surface area contributed by atoms with Crippen LogP contribution >= 0.6 is 0 Å². The summed E-state index contributed by atoms with van der Waals surface area (Å²) in [5.74, 6) is 1.20. The third-order valence-corrected chi connectivity index (χ3v) is 3.26. The molecule has 0 aliphatic heterocycles. The van der Waals surface area contributed by atoms with Crippen molar-refractivity contribution in [2.75, 3.05) is 11.9 Å². The number of nitrogens with one attached hydrogen (secondary N) is 1. The van der Waals surface area contributed by atoms with E-state index in [1.54, 1.807) is 19.4 Å². The Morgan fingerprint density at radius 3 is 2.95 bits per heavy atom. The van der Waals surface area contributed by atoms with Crippen molar-refractivity contribution in [2.45, 2.75) is 26.4 Å². The normalized spacial score (nSPS) is 12.0. The molecule has 2 aromatic rings. The number of benzene rings is 1.